The van der Waals surface area contributed by atoms with Crippen LogP contribution in [0.1, 0.15) is 15.9 Å². The summed E-state index contributed by atoms with van der Waals surface area (Å²) in [6, 6.07) is 9.12. The molecule has 4 rings (SSSR count). The predicted molar refractivity (Wildman–Crippen MR) is 111 cm³/mol. The highest BCUT2D eigenvalue weighted by molar-refractivity contribution is 6.10. The highest BCUT2D eigenvalue weighted by Gasteiger charge is 2.19. The summed E-state index contributed by atoms with van der Waals surface area (Å²) in [5, 5.41) is 2.45. The zero-order chi connectivity index (χ0) is 22.8. The van der Waals surface area contributed by atoms with Crippen LogP contribution in [0.5, 0.6) is 0 Å². The van der Waals surface area contributed by atoms with E-state index in [-0.39, 0.29) is 27.7 Å². The van der Waals surface area contributed by atoms with Crippen LogP contribution in [0.4, 0.5) is 18.9 Å². The van der Waals surface area contributed by atoms with Gasteiger partial charge in [-0.2, -0.15) is 0 Å². The Balaban J connectivity index is 1.75. The van der Waals surface area contributed by atoms with Crippen molar-refractivity contribution in [3.05, 3.63) is 106 Å². The van der Waals surface area contributed by atoms with Gasteiger partial charge in [-0.05, 0) is 42.5 Å². The molecule has 0 radical (unpaired) electrons. The quantitative estimate of drug-likeness (QED) is 0.483. The molecular weight excluding hydrogens is 423 g/mol. The maximum absolute atomic E-state index is 13.9. The van der Waals surface area contributed by atoms with Crippen LogP contribution in [-0.4, -0.2) is 21.2 Å². The van der Waals surface area contributed by atoms with Crippen LogP contribution in [0.25, 0.3) is 10.9 Å². The minimum Gasteiger partial charge on any atom is -0.337 e. The van der Waals surface area contributed by atoms with Crippen molar-refractivity contribution >= 4 is 28.3 Å². The number of ketones is 1. The zero-order valence-corrected chi connectivity index (χ0v) is 16.3. The van der Waals surface area contributed by atoms with Gasteiger partial charge in [-0.3, -0.25) is 19.4 Å². The molecule has 0 bridgehead atoms. The number of anilines is 1. The lowest BCUT2D eigenvalue weighted by Crippen LogP contribution is -2.24. The Bertz CT molecular complexity index is 1420. The van der Waals surface area contributed by atoms with E-state index >= 15 is 0 Å². The number of hydrogen-bond donors (Lipinski definition) is 1. The lowest BCUT2D eigenvalue weighted by molar-refractivity contribution is -0.116. The van der Waals surface area contributed by atoms with Gasteiger partial charge >= 0.3 is 0 Å². The molecule has 0 aliphatic heterocycles. The Morgan fingerprint density at radius 1 is 0.938 bits per heavy atom. The Kier molecular flexibility index (Phi) is 5.55. The van der Waals surface area contributed by atoms with Crippen LogP contribution in [0.3, 0.4) is 0 Å². The van der Waals surface area contributed by atoms with E-state index in [0.717, 1.165) is 24.3 Å². The van der Waals surface area contributed by atoms with Gasteiger partial charge in [0.15, 0.2) is 17.4 Å². The van der Waals surface area contributed by atoms with Crippen LogP contribution in [0, 0.1) is 17.5 Å². The van der Waals surface area contributed by atoms with E-state index < -0.39 is 41.1 Å². The number of halogens is 3. The Hall–Kier alpha value is -4.27. The SMILES string of the molecule is O=C(Cn1cc(C(=O)c2ccncc2)c(=O)c2ccc(F)cc21)Nc1ccc(F)c(F)c1. The van der Waals surface area contributed by atoms with Crippen LogP contribution in [0.2, 0.25) is 0 Å². The summed E-state index contributed by atoms with van der Waals surface area (Å²) < 4.78 is 41.6. The summed E-state index contributed by atoms with van der Waals surface area (Å²) in [5.74, 6) is -4.08. The average molecular weight is 437 g/mol. The summed E-state index contributed by atoms with van der Waals surface area (Å²) in [5.41, 5.74) is -0.494. The standard InChI is InChI=1S/C23H14F3N3O3/c24-14-1-3-16-20(9-14)29(12-21(30)28-15-2-4-18(25)19(26)10-15)11-17(23(16)32)22(31)13-5-7-27-8-6-13/h1-11H,12H2,(H,28,30). The Labute approximate surface area is 179 Å². The molecule has 32 heavy (non-hydrogen) atoms. The molecule has 4 aromatic rings. The highest BCUT2D eigenvalue weighted by atomic mass is 19.2. The monoisotopic (exact) mass is 437 g/mol. The van der Waals surface area contributed by atoms with E-state index in [1.807, 2.05) is 0 Å². The van der Waals surface area contributed by atoms with Crippen LogP contribution < -0.4 is 10.7 Å². The van der Waals surface area contributed by atoms with Crippen molar-refractivity contribution < 1.29 is 22.8 Å². The topological polar surface area (TPSA) is 81.1 Å². The van der Waals surface area contributed by atoms with E-state index in [1.165, 1.54) is 47.4 Å². The van der Waals surface area contributed by atoms with Crippen LogP contribution >= 0.6 is 0 Å². The molecule has 0 unspecified atom stereocenters. The van der Waals surface area contributed by atoms with Gasteiger partial charge in [-0.1, -0.05) is 0 Å². The first-order valence-corrected chi connectivity index (χ1v) is 9.36. The molecule has 0 aliphatic carbocycles. The number of nitrogens with one attached hydrogen (secondary N) is 1. The van der Waals surface area contributed by atoms with Gasteiger partial charge in [0.2, 0.25) is 11.3 Å². The molecule has 0 saturated carbocycles. The number of rotatable bonds is 5. The van der Waals surface area contributed by atoms with Crippen LogP contribution in [0.15, 0.2) is 71.9 Å². The summed E-state index contributed by atoms with van der Waals surface area (Å²) >= 11 is 0. The zero-order valence-electron chi connectivity index (χ0n) is 16.3. The molecule has 0 spiro atoms. The summed E-state index contributed by atoms with van der Waals surface area (Å²) in [7, 11) is 0. The number of pyridine rings is 2. The van der Waals surface area contributed by atoms with Gasteiger partial charge < -0.3 is 9.88 Å². The number of carbonyl (C=O) groups is 2. The molecule has 0 fully saturated rings. The van der Waals surface area contributed by atoms with Gasteiger partial charge in [0.05, 0.1) is 11.1 Å². The molecular formula is C23H14F3N3O3. The fourth-order valence-electron chi connectivity index (χ4n) is 3.24. The summed E-state index contributed by atoms with van der Waals surface area (Å²) in [4.78, 5) is 42.1. The maximum atomic E-state index is 13.9. The second kappa shape index (κ2) is 8.46. The van der Waals surface area contributed by atoms with Crippen molar-refractivity contribution in [2.45, 2.75) is 6.54 Å². The van der Waals surface area contributed by atoms with Crippen molar-refractivity contribution in [2.24, 2.45) is 0 Å². The number of carbonyl (C=O) groups excluding carboxylic acids is 2. The number of fused-ring (bicyclic) bond motifs is 1. The number of nitrogens with zero attached hydrogens (tertiary/aromatic N) is 2. The molecule has 2 aromatic heterocycles. The minimum absolute atomic E-state index is 0.0125. The number of hydrogen-bond acceptors (Lipinski definition) is 4. The average Bonchev–Trinajstić information content (AvgIpc) is 2.78. The fraction of sp³-hybridized carbons (Fsp3) is 0.0435. The molecule has 9 heteroatoms. The van der Waals surface area contributed by atoms with Crippen molar-refractivity contribution in [3.63, 3.8) is 0 Å². The number of amides is 1. The summed E-state index contributed by atoms with van der Waals surface area (Å²) in [6.45, 7) is -0.421. The van der Waals surface area contributed by atoms with E-state index in [4.69, 9.17) is 0 Å². The maximum Gasteiger partial charge on any atom is 0.244 e. The van der Waals surface area contributed by atoms with Crippen LogP contribution in [-0.2, 0) is 11.3 Å². The molecule has 0 atom stereocenters. The van der Waals surface area contributed by atoms with E-state index in [1.54, 1.807) is 0 Å². The Morgan fingerprint density at radius 3 is 2.41 bits per heavy atom. The van der Waals surface area contributed by atoms with Crippen molar-refractivity contribution in [3.8, 4) is 0 Å². The lowest BCUT2D eigenvalue weighted by atomic mass is 10.0. The van der Waals surface area contributed by atoms with Gasteiger partial charge in [-0.25, -0.2) is 13.2 Å². The van der Waals surface area contributed by atoms with Gasteiger partial charge in [0, 0.05) is 41.3 Å². The first kappa shape index (κ1) is 21.0. The van der Waals surface area contributed by atoms with E-state index in [9.17, 15) is 27.6 Å². The molecule has 1 N–H and O–H groups in total. The van der Waals surface area contributed by atoms with E-state index in [0.29, 0.717) is 0 Å². The van der Waals surface area contributed by atoms with Gasteiger partial charge in [-0.15, -0.1) is 0 Å². The second-order valence-corrected chi connectivity index (χ2v) is 6.90. The van der Waals surface area contributed by atoms with Crippen molar-refractivity contribution in [1.82, 2.24) is 9.55 Å². The van der Waals surface area contributed by atoms with Crippen molar-refractivity contribution in [1.29, 1.82) is 0 Å². The molecule has 1 amide bonds. The molecule has 0 aliphatic rings. The second-order valence-electron chi connectivity index (χ2n) is 6.90. The smallest absolute Gasteiger partial charge is 0.244 e. The van der Waals surface area contributed by atoms with Crippen molar-refractivity contribution in [2.75, 3.05) is 5.32 Å². The summed E-state index contributed by atoms with van der Waals surface area (Å²) in [6.07, 6.45) is 3.98. The normalized spacial score (nSPS) is 10.8. The van der Waals surface area contributed by atoms with Gasteiger partial charge in [0.1, 0.15) is 12.4 Å². The third kappa shape index (κ3) is 4.13. The molecule has 160 valence electrons. The highest BCUT2D eigenvalue weighted by Crippen LogP contribution is 2.17. The van der Waals surface area contributed by atoms with Gasteiger partial charge in [0.25, 0.3) is 0 Å². The molecule has 0 saturated heterocycles. The largest absolute Gasteiger partial charge is 0.337 e. The molecule has 2 aromatic carbocycles. The first-order chi connectivity index (χ1) is 15.3. The first-order valence-electron chi connectivity index (χ1n) is 9.36. The lowest BCUT2D eigenvalue weighted by Gasteiger charge is -2.14. The molecule has 2 heterocycles. The predicted octanol–water partition coefficient (Wildman–Crippen LogP) is 3.68. The minimum atomic E-state index is -1.14. The third-order valence-corrected chi connectivity index (χ3v) is 4.75. The molecule has 6 nitrogen and oxygen atoms in total. The van der Waals surface area contributed by atoms with E-state index in [2.05, 4.69) is 10.3 Å². The number of benzene rings is 2. The third-order valence-electron chi connectivity index (χ3n) is 4.75. The Morgan fingerprint density at radius 2 is 1.69 bits per heavy atom. The fourth-order valence-corrected chi connectivity index (χ4v) is 3.24. The number of aromatic nitrogens is 2.